The second-order valence-electron chi connectivity index (χ2n) is 9.89. The zero-order valence-electron chi connectivity index (χ0n) is 21.9. The van der Waals surface area contributed by atoms with Crippen LogP contribution in [0.15, 0.2) is 0 Å². The summed E-state index contributed by atoms with van der Waals surface area (Å²) in [5, 5.41) is 0. The predicted molar refractivity (Wildman–Crippen MR) is 137 cm³/mol. The number of hydrogen-bond acceptors (Lipinski definition) is 1. The third kappa shape index (κ3) is 19.9. The van der Waals surface area contributed by atoms with Crippen LogP contribution in [0.3, 0.4) is 0 Å². The molecule has 0 aromatic rings. The average Bonchev–Trinajstić information content (AvgIpc) is 2.73. The predicted octanol–water partition coefficient (Wildman–Crippen LogP) is 9.51. The van der Waals surface area contributed by atoms with E-state index in [2.05, 4.69) is 27.7 Å². The first-order valence-corrected chi connectivity index (χ1v) is 14.1. The molecule has 0 aliphatic carbocycles. The maximum atomic E-state index is 2.35. The molecule has 0 spiro atoms. The Hall–Kier alpha value is -0.0800. The van der Waals surface area contributed by atoms with Gasteiger partial charge in [0.15, 0.2) is 0 Å². The Morgan fingerprint density at radius 3 is 0.767 bits per heavy atom. The van der Waals surface area contributed by atoms with Crippen molar-refractivity contribution < 1.29 is 9.96 Å². The minimum absolute atomic E-state index is 0. The van der Waals surface area contributed by atoms with Crippen LogP contribution in [0.1, 0.15) is 156 Å². The molecule has 0 fully saturated rings. The van der Waals surface area contributed by atoms with Crippen LogP contribution in [0.2, 0.25) is 0 Å². The third-order valence-corrected chi connectivity index (χ3v) is 6.94. The summed E-state index contributed by atoms with van der Waals surface area (Å²) in [5.41, 5.74) is 0. The summed E-state index contributed by atoms with van der Waals surface area (Å²) in [5.74, 6) is 0. The van der Waals surface area contributed by atoms with Crippen molar-refractivity contribution in [1.82, 2.24) is 0 Å². The van der Waals surface area contributed by atoms with Gasteiger partial charge in [-0.15, -0.1) is 0 Å². The fourth-order valence-electron chi connectivity index (χ4n) is 4.87. The molecule has 30 heavy (non-hydrogen) atoms. The molecule has 1 N–H and O–H groups in total. The van der Waals surface area contributed by atoms with Crippen LogP contribution in [0.5, 0.6) is 0 Å². The van der Waals surface area contributed by atoms with E-state index in [9.17, 15) is 0 Å². The van der Waals surface area contributed by atoms with E-state index in [1.54, 1.807) is 0 Å². The molecule has 2 heteroatoms. The Morgan fingerprint density at radius 2 is 0.500 bits per heavy atom. The van der Waals surface area contributed by atoms with Crippen LogP contribution in [-0.2, 0) is 0 Å². The van der Waals surface area contributed by atoms with E-state index in [0.717, 1.165) is 0 Å². The van der Waals surface area contributed by atoms with Crippen molar-refractivity contribution in [2.24, 2.45) is 0 Å². The third-order valence-electron chi connectivity index (χ3n) is 6.94. The lowest BCUT2D eigenvalue weighted by Crippen LogP contribution is -2.50. The van der Waals surface area contributed by atoms with Gasteiger partial charge >= 0.3 is 0 Å². The molecule has 2 nitrogen and oxygen atoms in total. The highest BCUT2D eigenvalue weighted by molar-refractivity contribution is 4.54. The lowest BCUT2D eigenvalue weighted by molar-refractivity contribution is -0.929. The van der Waals surface area contributed by atoms with E-state index in [1.165, 1.54) is 159 Å². The van der Waals surface area contributed by atoms with Crippen molar-refractivity contribution in [3.63, 3.8) is 0 Å². The standard InChI is InChI=1S/C28H60N.H2O/c1-5-9-13-17-18-19-20-24-28-29(25-21-14-10-6-2,26-22-15-11-7-3)27-23-16-12-8-4;/h5-28H2,1-4H3;1H2/q+1;/p-1. The smallest absolute Gasteiger partial charge is 0.0786 e. The lowest BCUT2D eigenvalue weighted by Gasteiger charge is -2.39. The highest BCUT2D eigenvalue weighted by atomic mass is 16.0. The number of hydrogen-bond donors (Lipinski definition) is 0. The van der Waals surface area contributed by atoms with Crippen molar-refractivity contribution in [2.75, 3.05) is 26.2 Å². The van der Waals surface area contributed by atoms with Gasteiger partial charge in [-0.3, -0.25) is 0 Å². The van der Waals surface area contributed by atoms with E-state index in [1.807, 2.05) is 0 Å². The molecule has 0 rings (SSSR count). The van der Waals surface area contributed by atoms with Gasteiger partial charge in [-0.25, -0.2) is 0 Å². The minimum atomic E-state index is 0. The van der Waals surface area contributed by atoms with Gasteiger partial charge in [0.2, 0.25) is 0 Å². The fourth-order valence-corrected chi connectivity index (χ4v) is 4.87. The SMILES string of the molecule is CCCCCCCCCC[N+](CCCCCC)(CCCCCC)CCCCCC.[OH-]. The first-order chi connectivity index (χ1) is 14.2. The van der Waals surface area contributed by atoms with Crippen LogP contribution in [0.4, 0.5) is 0 Å². The van der Waals surface area contributed by atoms with Gasteiger partial charge in [0, 0.05) is 0 Å². The number of rotatable bonds is 24. The number of nitrogens with zero attached hydrogens (tertiary/aromatic N) is 1. The summed E-state index contributed by atoms with van der Waals surface area (Å²) >= 11 is 0. The van der Waals surface area contributed by atoms with Gasteiger partial charge in [-0.2, -0.15) is 0 Å². The Morgan fingerprint density at radius 1 is 0.300 bits per heavy atom. The molecule has 0 saturated heterocycles. The molecule has 0 bridgehead atoms. The van der Waals surface area contributed by atoms with Gasteiger partial charge in [0.25, 0.3) is 0 Å². The number of quaternary nitrogens is 1. The minimum Gasteiger partial charge on any atom is -0.870 e. The Bertz CT molecular complexity index is 274. The second-order valence-corrected chi connectivity index (χ2v) is 9.89. The van der Waals surface area contributed by atoms with Gasteiger partial charge < -0.3 is 9.96 Å². The molecule has 0 aliphatic heterocycles. The van der Waals surface area contributed by atoms with Crippen molar-refractivity contribution >= 4 is 0 Å². The molecule has 0 saturated carbocycles. The van der Waals surface area contributed by atoms with E-state index in [0.29, 0.717) is 0 Å². The molecule has 0 heterocycles. The van der Waals surface area contributed by atoms with Crippen molar-refractivity contribution in [2.45, 2.75) is 156 Å². The van der Waals surface area contributed by atoms with Gasteiger partial charge in [-0.1, -0.05) is 105 Å². The van der Waals surface area contributed by atoms with Crippen LogP contribution >= 0.6 is 0 Å². The second kappa shape index (κ2) is 25.2. The molecule has 0 aromatic carbocycles. The Balaban J connectivity index is 0. The Labute approximate surface area is 192 Å². The number of unbranched alkanes of at least 4 members (excludes halogenated alkanes) is 16. The van der Waals surface area contributed by atoms with Crippen LogP contribution in [0.25, 0.3) is 0 Å². The maximum Gasteiger partial charge on any atom is 0.0786 e. The molecule has 0 atom stereocenters. The van der Waals surface area contributed by atoms with E-state index >= 15 is 0 Å². The highest BCUT2D eigenvalue weighted by Gasteiger charge is 2.25. The fraction of sp³-hybridized carbons (Fsp3) is 1.00. The van der Waals surface area contributed by atoms with E-state index in [4.69, 9.17) is 0 Å². The monoisotopic (exact) mass is 427 g/mol. The lowest BCUT2D eigenvalue weighted by atomic mass is 10.1. The highest BCUT2D eigenvalue weighted by Crippen LogP contribution is 2.20. The van der Waals surface area contributed by atoms with Crippen LogP contribution < -0.4 is 0 Å². The van der Waals surface area contributed by atoms with Gasteiger partial charge in [0.1, 0.15) is 0 Å². The normalized spacial score (nSPS) is 11.6. The summed E-state index contributed by atoms with van der Waals surface area (Å²) in [6.07, 6.45) is 28.8. The quantitative estimate of drug-likeness (QED) is 0.111. The molecule has 0 radical (unpaired) electrons. The molecule has 0 amide bonds. The van der Waals surface area contributed by atoms with Crippen molar-refractivity contribution in [3.8, 4) is 0 Å². The molecule has 0 aromatic heterocycles. The van der Waals surface area contributed by atoms with Gasteiger partial charge in [0.05, 0.1) is 26.2 Å². The Kier molecular flexibility index (Phi) is 26.9. The largest absolute Gasteiger partial charge is 0.870 e. The molecule has 0 aliphatic rings. The van der Waals surface area contributed by atoms with E-state index < -0.39 is 0 Å². The molecule has 0 unspecified atom stereocenters. The van der Waals surface area contributed by atoms with Crippen molar-refractivity contribution in [1.29, 1.82) is 0 Å². The van der Waals surface area contributed by atoms with Crippen LogP contribution in [-0.4, -0.2) is 36.1 Å². The summed E-state index contributed by atoms with van der Waals surface area (Å²) in [7, 11) is 0. The van der Waals surface area contributed by atoms with E-state index in [-0.39, 0.29) is 5.48 Å². The van der Waals surface area contributed by atoms with Crippen molar-refractivity contribution in [3.05, 3.63) is 0 Å². The molecular weight excluding hydrogens is 366 g/mol. The zero-order valence-corrected chi connectivity index (χ0v) is 21.9. The molecule has 184 valence electrons. The topological polar surface area (TPSA) is 30.0 Å². The first-order valence-electron chi connectivity index (χ1n) is 14.1. The average molecular weight is 428 g/mol. The maximum absolute atomic E-state index is 2.35. The first kappa shape index (κ1) is 32.1. The van der Waals surface area contributed by atoms with Gasteiger partial charge in [-0.05, 0) is 51.4 Å². The summed E-state index contributed by atoms with van der Waals surface area (Å²) in [6, 6.07) is 0. The summed E-state index contributed by atoms with van der Waals surface area (Å²) in [6.45, 7) is 15.2. The summed E-state index contributed by atoms with van der Waals surface area (Å²) in [4.78, 5) is 0. The summed E-state index contributed by atoms with van der Waals surface area (Å²) < 4.78 is 1.47. The molecular formula is C28H61NO. The zero-order chi connectivity index (χ0) is 21.5. The van der Waals surface area contributed by atoms with Crippen LogP contribution in [0, 0.1) is 0 Å².